The molecule has 1 aliphatic heterocycles. The quantitative estimate of drug-likeness (QED) is 0.351. The second kappa shape index (κ2) is 9.61. The van der Waals surface area contributed by atoms with E-state index >= 15 is 0 Å². The number of nitrogens with one attached hydrogen (secondary N) is 2. The lowest BCUT2D eigenvalue weighted by atomic mass is 9.99. The number of furan rings is 1. The summed E-state index contributed by atoms with van der Waals surface area (Å²) in [5.41, 5.74) is 1.41. The van der Waals surface area contributed by atoms with Gasteiger partial charge in [0.2, 0.25) is 0 Å². The fraction of sp³-hybridized carbons (Fsp3) is 0.524. The summed E-state index contributed by atoms with van der Waals surface area (Å²) in [6.45, 7) is 9.36. The zero-order chi connectivity index (χ0) is 23.8. The maximum absolute atomic E-state index is 12.9. The van der Waals surface area contributed by atoms with E-state index in [4.69, 9.17) is 4.42 Å². The van der Waals surface area contributed by atoms with Gasteiger partial charge in [-0.15, -0.1) is 11.3 Å². The molecule has 3 aromatic heterocycles. The second-order valence-corrected chi connectivity index (χ2v) is 12.3. The van der Waals surface area contributed by atoms with Gasteiger partial charge in [-0.2, -0.15) is 13.1 Å². The van der Waals surface area contributed by atoms with Crippen LogP contribution in [0.3, 0.4) is 0 Å². The molecule has 0 aromatic carbocycles. The van der Waals surface area contributed by atoms with Crippen molar-refractivity contribution in [1.82, 2.24) is 13.1 Å². The summed E-state index contributed by atoms with van der Waals surface area (Å²) in [7, 11) is -3.71. The molecule has 0 amide bonds. The van der Waals surface area contributed by atoms with Gasteiger partial charge in [-0.3, -0.25) is 0 Å². The Morgan fingerprint density at radius 2 is 1.85 bits per heavy atom. The van der Waals surface area contributed by atoms with Gasteiger partial charge in [-0.1, -0.05) is 27.7 Å². The normalized spacial score (nSPS) is 16.1. The molecule has 1 aliphatic rings. The van der Waals surface area contributed by atoms with Crippen molar-refractivity contribution in [3.05, 3.63) is 29.0 Å². The Morgan fingerprint density at radius 3 is 2.48 bits per heavy atom. The van der Waals surface area contributed by atoms with Crippen molar-refractivity contribution < 1.29 is 17.9 Å². The summed E-state index contributed by atoms with van der Waals surface area (Å²) in [5, 5.41) is 18.7. The predicted octanol–water partition coefficient (Wildman–Crippen LogP) is 5.36. The average Bonchev–Trinajstić information content (AvgIpc) is 3.55. The van der Waals surface area contributed by atoms with Crippen LogP contribution in [0.25, 0.3) is 0 Å². The van der Waals surface area contributed by atoms with Crippen LogP contribution in [0.4, 0.5) is 17.3 Å². The molecule has 3 N–H and O–H groups in total. The number of aromatic nitrogens is 2. The lowest BCUT2D eigenvalue weighted by molar-refractivity contribution is 0.420. The van der Waals surface area contributed by atoms with Crippen LogP contribution in [-0.4, -0.2) is 39.7 Å². The minimum atomic E-state index is -3.71. The van der Waals surface area contributed by atoms with Crippen LogP contribution in [0.15, 0.2) is 26.3 Å². The van der Waals surface area contributed by atoms with E-state index in [9.17, 15) is 13.5 Å². The highest BCUT2D eigenvalue weighted by Gasteiger charge is 2.32. The SMILES string of the molecule is CC(C)c1coc([C@H](Nc2nsnc2Nc2csc(S(=O)(=O)N3CCCC3)c2O)C(C)C)c1. The van der Waals surface area contributed by atoms with Crippen molar-refractivity contribution in [3.8, 4) is 5.75 Å². The van der Waals surface area contributed by atoms with Crippen molar-refractivity contribution in [1.29, 1.82) is 0 Å². The van der Waals surface area contributed by atoms with Gasteiger partial charge in [0.25, 0.3) is 10.0 Å². The number of hydrogen-bond acceptors (Lipinski definition) is 10. The first-order valence-electron chi connectivity index (χ1n) is 10.9. The molecule has 0 radical (unpaired) electrons. The number of hydrogen-bond donors (Lipinski definition) is 3. The van der Waals surface area contributed by atoms with Crippen LogP contribution in [0, 0.1) is 5.92 Å². The van der Waals surface area contributed by atoms with Gasteiger partial charge >= 0.3 is 0 Å². The Bertz CT molecular complexity index is 1190. The summed E-state index contributed by atoms with van der Waals surface area (Å²) in [4.78, 5) is 0. The molecule has 1 saturated heterocycles. The number of thiophene rings is 1. The standard InChI is InChI=1S/C21H29N5O4S3/c1-12(2)14-9-16(30-10-14)17(13(3)4)23-20-19(24-32-25-20)22-15-11-31-21(18(15)27)33(28,29)26-7-5-6-8-26/h9-13,17,27H,5-8H2,1-4H3,(H,22,24)(H,23,25)/t17-/m1/s1. The monoisotopic (exact) mass is 511 g/mol. The van der Waals surface area contributed by atoms with Crippen molar-refractivity contribution in [3.63, 3.8) is 0 Å². The van der Waals surface area contributed by atoms with E-state index < -0.39 is 10.0 Å². The fourth-order valence-electron chi connectivity index (χ4n) is 3.69. The highest BCUT2D eigenvalue weighted by molar-refractivity contribution is 7.91. The summed E-state index contributed by atoms with van der Waals surface area (Å²) >= 11 is 2.02. The predicted molar refractivity (Wildman–Crippen MR) is 131 cm³/mol. The van der Waals surface area contributed by atoms with E-state index in [1.165, 1.54) is 4.31 Å². The zero-order valence-electron chi connectivity index (χ0n) is 19.0. The summed E-state index contributed by atoms with van der Waals surface area (Å²) in [6, 6.07) is 1.92. The molecule has 0 unspecified atom stereocenters. The Morgan fingerprint density at radius 1 is 1.15 bits per heavy atom. The molecular formula is C21H29N5O4S3. The largest absolute Gasteiger partial charge is 0.504 e. The fourth-order valence-corrected chi connectivity index (χ4v) is 7.06. The number of sulfonamides is 1. The van der Waals surface area contributed by atoms with E-state index in [1.807, 2.05) is 0 Å². The smallest absolute Gasteiger partial charge is 0.256 e. The lowest BCUT2D eigenvalue weighted by Gasteiger charge is -2.20. The Hall–Kier alpha value is -2.15. The van der Waals surface area contributed by atoms with E-state index in [-0.39, 0.29) is 27.6 Å². The molecule has 1 atom stereocenters. The van der Waals surface area contributed by atoms with Crippen molar-refractivity contribution in [2.45, 2.75) is 56.7 Å². The van der Waals surface area contributed by atoms with Crippen molar-refractivity contribution in [2.24, 2.45) is 5.92 Å². The third kappa shape index (κ3) is 4.88. The van der Waals surface area contributed by atoms with E-state index in [2.05, 4.69) is 53.1 Å². The molecular weight excluding hydrogens is 482 g/mol. The molecule has 4 heterocycles. The van der Waals surface area contributed by atoms with Crippen LogP contribution in [0.5, 0.6) is 5.75 Å². The maximum Gasteiger partial charge on any atom is 0.256 e. The lowest BCUT2D eigenvalue weighted by Crippen LogP contribution is -2.27. The van der Waals surface area contributed by atoms with E-state index in [0.717, 1.165) is 47.2 Å². The molecule has 4 rings (SSSR count). The number of anilines is 3. The highest BCUT2D eigenvalue weighted by Crippen LogP contribution is 2.42. The van der Waals surface area contributed by atoms with Crippen molar-refractivity contribution in [2.75, 3.05) is 23.7 Å². The third-order valence-corrected chi connectivity index (χ3v) is 9.60. The van der Waals surface area contributed by atoms with E-state index in [1.54, 1.807) is 11.6 Å². The van der Waals surface area contributed by atoms with Gasteiger partial charge in [-0.25, -0.2) is 8.42 Å². The van der Waals surface area contributed by atoms with Crippen LogP contribution in [0.2, 0.25) is 0 Å². The number of aromatic hydroxyl groups is 1. The van der Waals surface area contributed by atoms with Gasteiger partial charge in [0, 0.05) is 18.5 Å². The summed E-state index contributed by atoms with van der Waals surface area (Å²) < 4.78 is 41.6. The molecule has 33 heavy (non-hydrogen) atoms. The van der Waals surface area contributed by atoms with Gasteiger partial charge in [0.15, 0.2) is 21.6 Å². The van der Waals surface area contributed by atoms with Crippen molar-refractivity contribution >= 4 is 50.4 Å². The van der Waals surface area contributed by atoms with Gasteiger partial charge in [0.05, 0.1) is 29.7 Å². The molecule has 3 aromatic rings. The van der Waals surface area contributed by atoms with E-state index in [0.29, 0.717) is 30.6 Å². The Balaban J connectivity index is 1.55. The first-order chi connectivity index (χ1) is 15.7. The first kappa shape index (κ1) is 24.0. The molecule has 12 heteroatoms. The molecule has 1 fully saturated rings. The number of rotatable bonds is 9. The van der Waals surface area contributed by atoms with Crippen LogP contribution in [0.1, 0.15) is 63.8 Å². The first-order valence-corrected chi connectivity index (χ1v) is 14.0. The second-order valence-electron chi connectivity index (χ2n) is 8.79. The molecule has 0 spiro atoms. The number of nitrogens with zero attached hydrogens (tertiary/aromatic N) is 3. The Labute approximate surface area is 202 Å². The van der Waals surface area contributed by atoms with Gasteiger partial charge in [-0.05, 0) is 36.3 Å². The topological polar surface area (TPSA) is 121 Å². The maximum atomic E-state index is 12.9. The minimum absolute atomic E-state index is 0.0542. The van der Waals surface area contributed by atoms with Gasteiger partial charge < -0.3 is 20.2 Å². The van der Waals surface area contributed by atoms with Crippen LogP contribution in [-0.2, 0) is 10.0 Å². The summed E-state index contributed by atoms with van der Waals surface area (Å²) in [6.07, 6.45) is 3.45. The highest BCUT2D eigenvalue weighted by atomic mass is 32.2. The molecule has 0 aliphatic carbocycles. The molecule has 9 nitrogen and oxygen atoms in total. The van der Waals surface area contributed by atoms with Crippen LogP contribution < -0.4 is 10.6 Å². The average molecular weight is 512 g/mol. The molecule has 0 saturated carbocycles. The van der Waals surface area contributed by atoms with Crippen LogP contribution >= 0.6 is 23.1 Å². The molecule has 0 bridgehead atoms. The summed E-state index contributed by atoms with van der Waals surface area (Å²) in [5.74, 6) is 2.01. The Kier molecular flexibility index (Phi) is 6.99. The third-order valence-electron chi connectivity index (χ3n) is 5.69. The van der Waals surface area contributed by atoms with Gasteiger partial charge in [0.1, 0.15) is 5.76 Å². The molecule has 180 valence electrons. The zero-order valence-corrected chi connectivity index (χ0v) is 21.5. The minimum Gasteiger partial charge on any atom is -0.504 e.